The number of hydrogen-bond donors (Lipinski definition) is 0. The van der Waals surface area contributed by atoms with Crippen LogP contribution in [0.1, 0.15) is 28.9 Å². The summed E-state index contributed by atoms with van der Waals surface area (Å²) in [6.07, 6.45) is 5.82. The Labute approximate surface area is 169 Å². The molecular formula is C23H24N4O2. The zero-order valence-corrected chi connectivity index (χ0v) is 16.5. The molecular weight excluding hydrogens is 364 g/mol. The minimum Gasteiger partial charge on any atom is -0.356 e. The van der Waals surface area contributed by atoms with Crippen LogP contribution in [0.5, 0.6) is 0 Å². The molecule has 6 nitrogen and oxygen atoms in total. The summed E-state index contributed by atoms with van der Waals surface area (Å²) in [5.74, 6) is 0.122. The highest BCUT2D eigenvalue weighted by molar-refractivity contribution is 5.95. The van der Waals surface area contributed by atoms with Gasteiger partial charge in [0.2, 0.25) is 0 Å². The highest BCUT2D eigenvalue weighted by atomic mass is 16.5. The third-order valence-electron chi connectivity index (χ3n) is 5.98. The predicted molar refractivity (Wildman–Crippen MR) is 112 cm³/mol. The lowest BCUT2D eigenvalue weighted by Gasteiger charge is -2.36. The molecule has 29 heavy (non-hydrogen) atoms. The molecule has 1 fully saturated rings. The Morgan fingerprint density at radius 3 is 2.79 bits per heavy atom. The molecule has 6 heteroatoms. The molecule has 4 aromatic rings. The maximum Gasteiger partial charge on any atom is 0.255 e. The van der Waals surface area contributed by atoms with Crippen LogP contribution in [0.25, 0.3) is 16.5 Å². The molecule has 0 bridgehead atoms. The fourth-order valence-corrected chi connectivity index (χ4v) is 4.28. The number of likely N-dealkylation sites (tertiary alicyclic amines) is 1. The second kappa shape index (κ2) is 7.37. The van der Waals surface area contributed by atoms with Crippen molar-refractivity contribution in [3.8, 4) is 0 Å². The molecule has 0 unspecified atom stereocenters. The monoisotopic (exact) mass is 388 g/mol. The number of carbonyl (C=O) groups excluding carboxylic acids is 1. The van der Waals surface area contributed by atoms with Crippen molar-refractivity contribution in [1.29, 1.82) is 0 Å². The fourth-order valence-electron chi connectivity index (χ4n) is 4.28. The van der Waals surface area contributed by atoms with E-state index in [0.717, 1.165) is 60.2 Å². The van der Waals surface area contributed by atoms with Gasteiger partial charge in [0.25, 0.3) is 5.91 Å². The first-order valence-electron chi connectivity index (χ1n) is 10.1. The number of aromatic nitrogens is 2. The molecule has 3 aromatic heterocycles. The van der Waals surface area contributed by atoms with Crippen molar-refractivity contribution in [2.45, 2.75) is 25.4 Å². The molecule has 1 saturated heterocycles. The molecule has 5 rings (SSSR count). The van der Waals surface area contributed by atoms with Crippen LogP contribution in [-0.2, 0) is 6.54 Å². The summed E-state index contributed by atoms with van der Waals surface area (Å²) in [5.41, 5.74) is 3.61. The minimum atomic E-state index is 0.122. The van der Waals surface area contributed by atoms with Gasteiger partial charge in [0, 0.05) is 49.0 Å². The van der Waals surface area contributed by atoms with E-state index in [9.17, 15) is 4.79 Å². The van der Waals surface area contributed by atoms with Crippen molar-refractivity contribution >= 4 is 22.4 Å². The zero-order chi connectivity index (χ0) is 19.8. The topological polar surface area (TPSA) is 54.0 Å². The Morgan fingerprint density at radius 1 is 1.17 bits per heavy atom. The van der Waals surface area contributed by atoms with Gasteiger partial charge < -0.3 is 13.8 Å². The maximum absolute atomic E-state index is 12.9. The van der Waals surface area contributed by atoms with Gasteiger partial charge in [0.1, 0.15) is 5.69 Å². The Hall–Kier alpha value is -3.12. The number of pyridine rings is 1. The highest BCUT2D eigenvalue weighted by Crippen LogP contribution is 2.23. The van der Waals surface area contributed by atoms with E-state index in [2.05, 4.69) is 23.2 Å². The molecule has 1 amide bonds. The van der Waals surface area contributed by atoms with Crippen molar-refractivity contribution in [3.05, 3.63) is 72.2 Å². The molecule has 148 valence electrons. The van der Waals surface area contributed by atoms with E-state index in [-0.39, 0.29) is 5.91 Å². The van der Waals surface area contributed by atoms with E-state index >= 15 is 0 Å². The SMILES string of the molecule is CN(Cc1noc2ccccc12)C1CCN(C(=O)c2cc3ccccn3c2)CC1. The van der Waals surface area contributed by atoms with Crippen LogP contribution >= 0.6 is 0 Å². The van der Waals surface area contributed by atoms with Gasteiger partial charge in [-0.15, -0.1) is 0 Å². The minimum absolute atomic E-state index is 0.122. The normalized spacial score (nSPS) is 15.6. The van der Waals surface area contributed by atoms with Crippen LogP contribution in [0.4, 0.5) is 0 Å². The number of rotatable bonds is 4. The van der Waals surface area contributed by atoms with Crippen molar-refractivity contribution in [1.82, 2.24) is 19.4 Å². The smallest absolute Gasteiger partial charge is 0.255 e. The second-order valence-electron chi connectivity index (χ2n) is 7.83. The Balaban J connectivity index is 1.22. The number of benzene rings is 1. The van der Waals surface area contributed by atoms with Crippen LogP contribution in [0, 0.1) is 0 Å². The maximum atomic E-state index is 12.9. The summed E-state index contributed by atoms with van der Waals surface area (Å²) in [7, 11) is 2.13. The lowest BCUT2D eigenvalue weighted by Crippen LogP contribution is -2.45. The molecule has 0 radical (unpaired) electrons. The number of carbonyl (C=O) groups is 1. The van der Waals surface area contributed by atoms with E-state index < -0.39 is 0 Å². The van der Waals surface area contributed by atoms with Gasteiger partial charge in [-0.2, -0.15) is 0 Å². The summed E-state index contributed by atoms with van der Waals surface area (Å²) in [6, 6.07) is 16.4. The van der Waals surface area contributed by atoms with E-state index in [4.69, 9.17) is 4.52 Å². The first-order chi connectivity index (χ1) is 14.2. The van der Waals surface area contributed by atoms with Gasteiger partial charge in [0.05, 0.1) is 5.56 Å². The summed E-state index contributed by atoms with van der Waals surface area (Å²) in [6.45, 7) is 2.31. The Kier molecular flexibility index (Phi) is 4.56. The quantitative estimate of drug-likeness (QED) is 0.533. The number of fused-ring (bicyclic) bond motifs is 2. The third-order valence-corrected chi connectivity index (χ3v) is 5.98. The van der Waals surface area contributed by atoms with E-state index in [1.165, 1.54) is 0 Å². The lowest BCUT2D eigenvalue weighted by molar-refractivity contribution is 0.0638. The van der Waals surface area contributed by atoms with Crippen molar-refractivity contribution in [2.24, 2.45) is 0 Å². The van der Waals surface area contributed by atoms with Crippen LogP contribution in [0.2, 0.25) is 0 Å². The van der Waals surface area contributed by atoms with Crippen molar-refractivity contribution in [3.63, 3.8) is 0 Å². The van der Waals surface area contributed by atoms with Gasteiger partial charge in [-0.3, -0.25) is 9.69 Å². The molecule has 0 spiro atoms. The molecule has 4 heterocycles. The molecule has 0 N–H and O–H groups in total. The van der Waals surface area contributed by atoms with Crippen LogP contribution in [-0.4, -0.2) is 51.4 Å². The van der Waals surface area contributed by atoms with Crippen molar-refractivity contribution < 1.29 is 9.32 Å². The Bertz CT molecular complexity index is 1120. The average molecular weight is 388 g/mol. The van der Waals surface area contributed by atoms with Gasteiger partial charge in [-0.05, 0) is 50.2 Å². The van der Waals surface area contributed by atoms with Crippen LogP contribution in [0.15, 0.2) is 65.4 Å². The highest BCUT2D eigenvalue weighted by Gasteiger charge is 2.27. The second-order valence-corrected chi connectivity index (χ2v) is 7.83. The van der Waals surface area contributed by atoms with Gasteiger partial charge in [-0.1, -0.05) is 23.4 Å². The molecule has 0 aliphatic carbocycles. The number of para-hydroxylation sites is 1. The van der Waals surface area contributed by atoms with E-state index in [1.807, 2.05) is 64.2 Å². The van der Waals surface area contributed by atoms with E-state index in [0.29, 0.717) is 6.04 Å². The summed E-state index contributed by atoms with van der Waals surface area (Å²) < 4.78 is 7.42. The number of piperidine rings is 1. The zero-order valence-electron chi connectivity index (χ0n) is 16.5. The Morgan fingerprint density at radius 2 is 1.97 bits per heavy atom. The van der Waals surface area contributed by atoms with Gasteiger partial charge in [0.15, 0.2) is 5.58 Å². The van der Waals surface area contributed by atoms with Crippen LogP contribution < -0.4 is 0 Å². The molecule has 1 aliphatic heterocycles. The summed E-state index contributed by atoms with van der Waals surface area (Å²) in [4.78, 5) is 17.2. The first kappa shape index (κ1) is 17.9. The average Bonchev–Trinajstić information content (AvgIpc) is 3.38. The number of amides is 1. The van der Waals surface area contributed by atoms with E-state index in [1.54, 1.807) is 0 Å². The molecule has 1 aromatic carbocycles. The fraction of sp³-hybridized carbons (Fsp3) is 0.304. The predicted octanol–water partition coefficient (Wildman–Crippen LogP) is 3.82. The summed E-state index contributed by atoms with van der Waals surface area (Å²) >= 11 is 0. The number of hydrogen-bond acceptors (Lipinski definition) is 4. The number of nitrogens with zero attached hydrogens (tertiary/aromatic N) is 4. The van der Waals surface area contributed by atoms with Crippen molar-refractivity contribution in [2.75, 3.05) is 20.1 Å². The van der Waals surface area contributed by atoms with Gasteiger partial charge >= 0.3 is 0 Å². The summed E-state index contributed by atoms with van der Waals surface area (Å²) in [5, 5.41) is 5.33. The van der Waals surface area contributed by atoms with Gasteiger partial charge in [-0.25, -0.2) is 0 Å². The standard InChI is InChI=1S/C23H24N4O2/c1-25(16-21-20-7-2-3-8-22(20)29-24-21)18-9-12-26(13-10-18)23(28)17-14-19-6-4-5-11-27(19)15-17/h2-8,11,14-15,18H,9-10,12-13,16H2,1H3. The first-order valence-corrected chi connectivity index (χ1v) is 10.1. The largest absolute Gasteiger partial charge is 0.356 e. The van der Waals surface area contributed by atoms with Crippen LogP contribution in [0.3, 0.4) is 0 Å². The lowest BCUT2D eigenvalue weighted by atomic mass is 10.0. The molecule has 1 aliphatic rings. The third kappa shape index (κ3) is 3.40. The molecule has 0 saturated carbocycles. The molecule has 0 atom stereocenters.